The van der Waals surface area contributed by atoms with E-state index in [4.69, 9.17) is 4.74 Å². The molecule has 1 N–H and O–H groups in total. The second kappa shape index (κ2) is 7.19. The van der Waals surface area contributed by atoms with E-state index in [0.29, 0.717) is 24.4 Å². The molecular weight excluding hydrogens is 338 g/mol. The number of para-hydroxylation sites is 2. The van der Waals surface area contributed by atoms with Gasteiger partial charge in [0.1, 0.15) is 5.75 Å². The number of hydrogen-bond acceptors (Lipinski definition) is 5. The summed E-state index contributed by atoms with van der Waals surface area (Å²) >= 11 is 0. The molecule has 4 rings (SSSR count). The van der Waals surface area contributed by atoms with Crippen LogP contribution in [0.3, 0.4) is 0 Å². The Hall–Kier alpha value is -3.21. The maximum absolute atomic E-state index is 12.8. The normalized spacial score (nSPS) is 15.9. The first-order valence-corrected chi connectivity index (χ1v) is 9.01. The number of methoxy groups -OCH3 is 1. The zero-order chi connectivity index (χ0) is 18.8. The van der Waals surface area contributed by atoms with Gasteiger partial charge in [-0.1, -0.05) is 36.4 Å². The third-order valence-corrected chi connectivity index (χ3v) is 4.92. The highest BCUT2D eigenvalue weighted by molar-refractivity contribution is 5.99. The van der Waals surface area contributed by atoms with Crippen LogP contribution < -0.4 is 10.1 Å². The van der Waals surface area contributed by atoms with Crippen molar-refractivity contribution in [2.45, 2.75) is 25.7 Å². The molecule has 0 saturated carbocycles. The molecule has 1 atom stereocenters. The maximum atomic E-state index is 12.8. The van der Waals surface area contributed by atoms with Crippen LogP contribution >= 0.6 is 0 Å². The third-order valence-electron chi connectivity index (χ3n) is 4.92. The second-order valence-corrected chi connectivity index (χ2v) is 6.72. The lowest BCUT2D eigenvalue weighted by atomic mass is 9.81. The molecule has 0 spiro atoms. The van der Waals surface area contributed by atoms with Crippen LogP contribution in [0.2, 0.25) is 0 Å². The topological polar surface area (TPSA) is 64.1 Å². The summed E-state index contributed by atoms with van der Waals surface area (Å²) in [5.74, 6) is 1.48. The molecule has 5 nitrogen and oxygen atoms in total. The zero-order valence-electron chi connectivity index (χ0n) is 15.4. The van der Waals surface area contributed by atoms with Gasteiger partial charge in [-0.25, -0.2) is 9.97 Å². The average molecular weight is 359 g/mol. The van der Waals surface area contributed by atoms with Crippen LogP contribution in [0.5, 0.6) is 5.75 Å². The predicted molar refractivity (Wildman–Crippen MR) is 105 cm³/mol. The number of hydrogen-bond donors (Lipinski definition) is 1. The van der Waals surface area contributed by atoms with Crippen molar-refractivity contribution in [1.29, 1.82) is 0 Å². The number of carbonyl (C=O) groups is 1. The van der Waals surface area contributed by atoms with Crippen molar-refractivity contribution in [3.05, 3.63) is 77.1 Å². The van der Waals surface area contributed by atoms with Crippen molar-refractivity contribution in [2.75, 3.05) is 12.4 Å². The molecule has 1 aliphatic carbocycles. The first-order chi connectivity index (χ1) is 13.2. The SMILES string of the molecule is COc1ccccc1[C@H]1CC(=O)c2c(C)nc(Nc3ccccc3)nc2C1. The molecule has 5 heteroatoms. The van der Waals surface area contributed by atoms with E-state index in [9.17, 15) is 4.79 Å². The molecule has 0 saturated heterocycles. The van der Waals surface area contributed by atoms with Crippen LogP contribution in [-0.4, -0.2) is 22.9 Å². The van der Waals surface area contributed by atoms with Gasteiger partial charge in [0.15, 0.2) is 5.78 Å². The molecule has 136 valence electrons. The Morgan fingerprint density at radius 2 is 1.74 bits per heavy atom. The highest BCUT2D eigenvalue weighted by Gasteiger charge is 2.31. The quantitative estimate of drug-likeness (QED) is 0.745. The van der Waals surface area contributed by atoms with Crippen LogP contribution in [0.15, 0.2) is 54.6 Å². The average Bonchev–Trinajstić information content (AvgIpc) is 2.68. The van der Waals surface area contributed by atoms with Crippen molar-refractivity contribution >= 4 is 17.4 Å². The minimum Gasteiger partial charge on any atom is -0.496 e. The van der Waals surface area contributed by atoms with Gasteiger partial charge in [0.25, 0.3) is 0 Å². The van der Waals surface area contributed by atoms with E-state index in [-0.39, 0.29) is 11.7 Å². The summed E-state index contributed by atoms with van der Waals surface area (Å²) in [6.45, 7) is 1.87. The summed E-state index contributed by atoms with van der Waals surface area (Å²) in [4.78, 5) is 22.0. The summed E-state index contributed by atoms with van der Waals surface area (Å²) in [6, 6.07) is 17.7. The van der Waals surface area contributed by atoms with Crippen molar-refractivity contribution in [2.24, 2.45) is 0 Å². The van der Waals surface area contributed by atoms with Gasteiger partial charge < -0.3 is 10.1 Å². The fourth-order valence-electron chi connectivity index (χ4n) is 3.70. The van der Waals surface area contributed by atoms with E-state index in [1.54, 1.807) is 7.11 Å². The Kier molecular flexibility index (Phi) is 4.59. The highest BCUT2D eigenvalue weighted by Crippen LogP contribution is 2.37. The number of Topliss-reactive ketones (excluding diaryl/α,β-unsaturated/α-hetero) is 1. The van der Waals surface area contributed by atoms with Gasteiger partial charge in [-0.05, 0) is 37.1 Å². The predicted octanol–water partition coefficient (Wildman–Crippen LogP) is 4.45. The Morgan fingerprint density at radius 1 is 1.00 bits per heavy atom. The second-order valence-electron chi connectivity index (χ2n) is 6.72. The van der Waals surface area contributed by atoms with Crippen molar-refractivity contribution < 1.29 is 9.53 Å². The molecule has 0 radical (unpaired) electrons. The lowest BCUT2D eigenvalue weighted by Crippen LogP contribution is -2.23. The van der Waals surface area contributed by atoms with E-state index >= 15 is 0 Å². The van der Waals surface area contributed by atoms with Gasteiger partial charge in [-0.3, -0.25) is 4.79 Å². The third kappa shape index (κ3) is 3.40. The van der Waals surface area contributed by atoms with E-state index in [1.807, 2.05) is 61.5 Å². The molecule has 0 aliphatic heterocycles. The highest BCUT2D eigenvalue weighted by atomic mass is 16.5. The summed E-state index contributed by atoms with van der Waals surface area (Å²) in [5.41, 5.74) is 4.16. The molecule has 1 heterocycles. The maximum Gasteiger partial charge on any atom is 0.227 e. The van der Waals surface area contributed by atoms with Crippen LogP contribution in [-0.2, 0) is 6.42 Å². The Labute approximate surface area is 158 Å². The fourth-order valence-corrected chi connectivity index (χ4v) is 3.70. The number of ketones is 1. The van der Waals surface area contributed by atoms with Crippen molar-refractivity contribution in [3.8, 4) is 5.75 Å². The number of fused-ring (bicyclic) bond motifs is 1. The molecule has 0 bridgehead atoms. The standard InChI is InChI=1S/C22H21N3O2/c1-14-21-18(25-22(23-14)24-16-8-4-3-5-9-16)12-15(13-19(21)26)17-10-6-7-11-20(17)27-2/h3-11,15H,12-13H2,1-2H3,(H,23,24,25)/t15-/m1/s1. The summed E-state index contributed by atoms with van der Waals surface area (Å²) in [7, 11) is 1.66. The number of ether oxygens (including phenoxy) is 1. The Morgan fingerprint density at radius 3 is 2.52 bits per heavy atom. The van der Waals surface area contributed by atoms with Gasteiger partial charge in [0.2, 0.25) is 5.95 Å². The molecule has 0 amide bonds. The van der Waals surface area contributed by atoms with Crippen LogP contribution in [0.25, 0.3) is 0 Å². The Bertz CT molecular complexity index is 986. The van der Waals surface area contributed by atoms with Crippen molar-refractivity contribution in [3.63, 3.8) is 0 Å². The number of aryl methyl sites for hydroxylation is 1. The number of aromatic nitrogens is 2. The molecule has 0 unspecified atom stereocenters. The van der Waals surface area contributed by atoms with Gasteiger partial charge in [-0.15, -0.1) is 0 Å². The van der Waals surface area contributed by atoms with E-state index in [2.05, 4.69) is 15.3 Å². The number of benzene rings is 2. The van der Waals surface area contributed by atoms with Crippen LogP contribution in [0.4, 0.5) is 11.6 Å². The van der Waals surface area contributed by atoms with Gasteiger partial charge in [0, 0.05) is 18.0 Å². The minimum atomic E-state index is 0.0556. The number of carbonyl (C=O) groups excluding carboxylic acids is 1. The molecule has 2 aromatic carbocycles. The van der Waals surface area contributed by atoms with E-state index in [0.717, 1.165) is 28.4 Å². The van der Waals surface area contributed by atoms with Gasteiger partial charge in [0.05, 0.1) is 24.1 Å². The zero-order valence-corrected chi connectivity index (χ0v) is 15.4. The molecule has 1 aromatic heterocycles. The molecule has 0 fully saturated rings. The number of nitrogens with one attached hydrogen (secondary N) is 1. The first kappa shape index (κ1) is 17.2. The van der Waals surface area contributed by atoms with Gasteiger partial charge in [-0.2, -0.15) is 0 Å². The first-order valence-electron chi connectivity index (χ1n) is 9.01. The molecule has 1 aliphatic rings. The lowest BCUT2D eigenvalue weighted by Gasteiger charge is -2.25. The summed E-state index contributed by atoms with van der Waals surface area (Å²) in [5, 5.41) is 3.23. The number of nitrogens with zero attached hydrogens (tertiary/aromatic N) is 2. The molecule has 27 heavy (non-hydrogen) atoms. The number of rotatable bonds is 4. The largest absolute Gasteiger partial charge is 0.496 e. The Balaban J connectivity index is 1.69. The van der Waals surface area contributed by atoms with Gasteiger partial charge >= 0.3 is 0 Å². The molecular formula is C22H21N3O2. The summed E-state index contributed by atoms with van der Waals surface area (Å²) in [6.07, 6.45) is 1.14. The van der Waals surface area contributed by atoms with Crippen LogP contribution in [0.1, 0.15) is 39.6 Å². The van der Waals surface area contributed by atoms with Crippen molar-refractivity contribution in [1.82, 2.24) is 9.97 Å². The summed E-state index contributed by atoms with van der Waals surface area (Å²) < 4.78 is 5.49. The van der Waals surface area contributed by atoms with E-state index in [1.165, 1.54) is 0 Å². The van der Waals surface area contributed by atoms with Crippen LogP contribution in [0, 0.1) is 6.92 Å². The monoisotopic (exact) mass is 359 g/mol. The lowest BCUT2D eigenvalue weighted by molar-refractivity contribution is 0.0961. The molecule has 3 aromatic rings. The smallest absolute Gasteiger partial charge is 0.227 e. The van der Waals surface area contributed by atoms with E-state index < -0.39 is 0 Å². The fraction of sp³-hybridized carbons (Fsp3) is 0.227. The number of anilines is 2. The minimum absolute atomic E-state index is 0.0556.